The van der Waals surface area contributed by atoms with E-state index in [1.165, 1.54) is 4.68 Å². The Labute approximate surface area is 149 Å². The van der Waals surface area contributed by atoms with E-state index >= 15 is 0 Å². The van der Waals surface area contributed by atoms with Crippen LogP contribution in [0.3, 0.4) is 0 Å². The van der Waals surface area contributed by atoms with Gasteiger partial charge in [0.1, 0.15) is 0 Å². The number of aromatic nitrogens is 3. The highest BCUT2D eigenvalue weighted by molar-refractivity contribution is 5.93. The molecule has 1 aliphatic rings. The first-order chi connectivity index (χ1) is 12.7. The van der Waals surface area contributed by atoms with Gasteiger partial charge in [-0.25, -0.2) is 4.68 Å². The summed E-state index contributed by atoms with van der Waals surface area (Å²) in [6, 6.07) is 12.7. The van der Waals surface area contributed by atoms with E-state index in [9.17, 15) is 9.59 Å². The third kappa shape index (κ3) is 3.28. The number of nitrogens with zero attached hydrogens (tertiary/aromatic N) is 3. The van der Waals surface area contributed by atoms with Crippen LogP contribution in [-0.4, -0.2) is 27.4 Å². The van der Waals surface area contributed by atoms with Gasteiger partial charge in [-0.3, -0.25) is 9.59 Å². The molecule has 7 heteroatoms. The van der Waals surface area contributed by atoms with Crippen molar-refractivity contribution in [3.63, 3.8) is 0 Å². The van der Waals surface area contributed by atoms with E-state index in [0.29, 0.717) is 12.3 Å². The number of carbonyl (C=O) groups is 1. The lowest BCUT2D eigenvalue weighted by Crippen LogP contribution is -2.32. The third-order valence-corrected chi connectivity index (χ3v) is 4.43. The van der Waals surface area contributed by atoms with Crippen LogP contribution >= 0.6 is 0 Å². The number of fused-ring (bicyclic) bond motifs is 1. The van der Waals surface area contributed by atoms with Crippen LogP contribution in [0.1, 0.15) is 28.2 Å². The Bertz CT molecular complexity index is 992. The molecule has 2 heterocycles. The Kier molecular flexibility index (Phi) is 4.35. The van der Waals surface area contributed by atoms with Crippen LogP contribution in [0.15, 0.2) is 51.8 Å². The number of benzene rings is 1. The Hall–Kier alpha value is -3.22. The molecule has 0 aliphatic heterocycles. The Balaban J connectivity index is 1.38. The molecular weight excluding hydrogens is 332 g/mol. The molecule has 3 aromatic rings. The number of aryl methyl sites for hydroxylation is 2. The predicted molar refractivity (Wildman–Crippen MR) is 94.8 cm³/mol. The van der Waals surface area contributed by atoms with Crippen LogP contribution in [0.5, 0.6) is 0 Å². The summed E-state index contributed by atoms with van der Waals surface area (Å²) in [6.45, 7) is 0.610. The zero-order valence-electron chi connectivity index (χ0n) is 14.1. The molecule has 1 amide bonds. The standard InChI is InChI=1S/C19H18N4O3/c24-18-11-14-7-4-8-15(14)21-23(18)10-9-20-19(25)16-12-17(26-22-16)13-5-2-1-3-6-13/h1-3,5-6,11-12H,4,7-10H2,(H,20,25). The number of carbonyl (C=O) groups excluding carboxylic acids is 1. The predicted octanol–water partition coefficient (Wildman–Crippen LogP) is 1.82. The molecule has 1 N–H and O–H groups in total. The van der Waals surface area contributed by atoms with Gasteiger partial charge >= 0.3 is 0 Å². The zero-order chi connectivity index (χ0) is 17.9. The van der Waals surface area contributed by atoms with Crippen molar-refractivity contribution in [3.8, 4) is 11.3 Å². The van der Waals surface area contributed by atoms with E-state index in [0.717, 1.165) is 36.1 Å². The summed E-state index contributed by atoms with van der Waals surface area (Å²) in [7, 11) is 0. The molecule has 0 fully saturated rings. The molecule has 1 aromatic carbocycles. The second kappa shape index (κ2) is 6.95. The van der Waals surface area contributed by atoms with E-state index in [-0.39, 0.29) is 23.7 Å². The smallest absolute Gasteiger partial charge is 0.273 e. The van der Waals surface area contributed by atoms with Crippen molar-refractivity contribution in [3.05, 3.63) is 69.8 Å². The molecule has 2 aromatic heterocycles. The van der Waals surface area contributed by atoms with E-state index in [1.807, 2.05) is 30.3 Å². The van der Waals surface area contributed by atoms with Crippen LogP contribution in [0.25, 0.3) is 11.3 Å². The van der Waals surface area contributed by atoms with Gasteiger partial charge in [0.25, 0.3) is 11.5 Å². The SMILES string of the molecule is O=C(NCCn1nc2c(cc1=O)CCC2)c1cc(-c2ccccc2)on1. The van der Waals surface area contributed by atoms with E-state index in [2.05, 4.69) is 15.6 Å². The van der Waals surface area contributed by atoms with Gasteiger partial charge in [0.15, 0.2) is 11.5 Å². The van der Waals surface area contributed by atoms with Crippen LogP contribution in [-0.2, 0) is 19.4 Å². The highest BCUT2D eigenvalue weighted by atomic mass is 16.5. The zero-order valence-corrected chi connectivity index (χ0v) is 14.1. The average molecular weight is 350 g/mol. The molecule has 7 nitrogen and oxygen atoms in total. The van der Waals surface area contributed by atoms with Crippen LogP contribution in [0.2, 0.25) is 0 Å². The van der Waals surface area contributed by atoms with Gasteiger partial charge < -0.3 is 9.84 Å². The fraction of sp³-hybridized carbons (Fsp3) is 0.263. The summed E-state index contributed by atoms with van der Waals surface area (Å²) in [5.41, 5.74) is 2.96. The number of rotatable bonds is 5. The number of hydrogen-bond donors (Lipinski definition) is 1. The number of nitrogens with one attached hydrogen (secondary N) is 1. The second-order valence-corrected chi connectivity index (χ2v) is 6.23. The number of hydrogen-bond acceptors (Lipinski definition) is 5. The highest BCUT2D eigenvalue weighted by Gasteiger charge is 2.16. The first-order valence-electron chi connectivity index (χ1n) is 8.61. The first-order valence-corrected chi connectivity index (χ1v) is 8.61. The molecule has 1 aliphatic carbocycles. The molecule has 0 atom stereocenters. The van der Waals surface area contributed by atoms with Crippen molar-refractivity contribution < 1.29 is 9.32 Å². The highest BCUT2D eigenvalue weighted by Crippen LogP contribution is 2.19. The lowest BCUT2D eigenvalue weighted by molar-refractivity contribution is 0.0942. The second-order valence-electron chi connectivity index (χ2n) is 6.23. The van der Waals surface area contributed by atoms with Crippen molar-refractivity contribution in [1.82, 2.24) is 20.3 Å². The monoisotopic (exact) mass is 350 g/mol. The first kappa shape index (κ1) is 16.3. The molecule has 0 radical (unpaired) electrons. The summed E-state index contributed by atoms with van der Waals surface area (Å²) in [6.07, 6.45) is 2.87. The van der Waals surface area contributed by atoms with Gasteiger partial charge in [-0.2, -0.15) is 5.10 Å². The van der Waals surface area contributed by atoms with Gasteiger partial charge in [0.2, 0.25) is 0 Å². The maximum absolute atomic E-state index is 12.2. The molecule has 4 rings (SSSR count). The lowest BCUT2D eigenvalue weighted by Gasteiger charge is -2.07. The van der Waals surface area contributed by atoms with Crippen LogP contribution in [0, 0.1) is 0 Å². The molecule has 0 saturated heterocycles. The number of amides is 1. The Morgan fingerprint density at radius 1 is 1.19 bits per heavy atom. The van der Waals surface area contributed by atoms with Crippen molar-refractivity contribution >= 4 is 5.91 Å². The minimum Gasteiger partial charge on any atom is -0.355 e. The van der Waals surface area contributed by atoms with Crippen molar-refractivity contribution in [2.24, 2.45) is 0 Å². The molecule has 0 saturated carbocycles. The molecule has 0 unspecified atom stereocenters. The quantitative estimate of drug-likeness (QED) is 0.758. The summed E-state index contributed by atoms with van der Waals surface area (Å²) in [5.74, 6) is 0.192. The molecule has 0 spiro atoms. The van der Waals surface area contributed by atoms with Gasteiger partial charge in [0, 0.05) is 24.2 Å². The van der Waals surface area contributed by atoms with E-state index in [4.69, 9.17) is 4.52 Å². The summed E-state index contributed by atoms with van der Waals surface area (Å²) >= 11 is 0. The minimum absolute atomic E-state index is 0.132. The van der Waals surface area contributed by atoms with Gasteiger partial charge in [0.05, 0.1) is 12.2 Å². The third-order valence-electron chi connectivity index (χ3n) is 4.43. The molecule has 26 heavy (non-hydrogen) atoms. The van der Waals surface area contributed by atoms with Crippen LogP contribution in [0.4, 0.5) is 0 Å². The van der Waals surface area contributed by atoms with E-state index in [1.54, 1.807) is 12.1 Å². The summed E-state index contributed by atoms with van der Waals surface area (Å²) < 4.78 is 6.63. The Morgan fingerprint density at radius 2 is 2.04 bits per heavy atom. The molecular formula is C19H18N4O3. The lowest BCUT2D eigenvalue weighted by atomic mass is 10.1. The van der Waals surface area contributed by atoms with Gasteiger partial charge in [-0.05, 0) is 24.8 Å². The minimum atomic E-state index is -0.342. The molecule has 0 bridgehead atoms. The topological polar surface area (TPSA) is 90.0 Å². The van der Waals surface area contributed by atoms with Crippen molar-refractivity contribution in [1.29, 1.82) is 0 Å². The van der Waals surface area contributed by atoms with Crippen LogP contribution < -0.4 is 10.9 Å². The molecule has 132 valence electrons. The summed E-state index contributed by atoms with van der Waals surface area (Å²) in [5, 5.41) is 10.9. The maximum Gasteiger partial charge on any atom is 0.273 e. The van der Waals surface area contributed by atoms with Gasteiger partial charge in [-0.1, -0.05) is 35.5 Å². The Morgan fingerprint density at radius 3 is 2.88 bits per heavy atom. The fourth-order valence-electron chi connectivity index (χ4n) is 3.09. The normalized spacial score (nSPS) is 12.8. The fourth-order valence-corrected chi connectivity index (χ4v) is 3.09. The summed E-state index contributed by atoms with van der Waals surface area (Å²) in [4.78, 5) is 24.3. The van der Waals surface area contributed by atoms with E-state index < -0.39 is 0 Å². The van der Waals surface area contributed by atoms with Crippen molar-refractivity contribution in [2.45, 2.75) is 25.8 Å². The van der Waals surface area contributed by atoms with Crippen molar-refractivity contribution in [2.75, 3.05) is 6.54 Å². The van der Waals surface area contributed by atoms with Gasteiger partial charge in [-0.15, -0.1) is 0 Å². The average Bonchev–Trinajstić information content (AvgIpc) is 3.31. The maximum atomic E-state index is 12.2. The largest absolute Gasteiger partial charge is 0.355 e.